The highest BCUT2D eigenvalue weighted by Crippen LogP contribution is 2.17. The fourth-order valence-corrected chi connectivity index (χ4v) is 9.20. The lowest BCUT2D eigenvalue weighted by Crippen LogP contribution is -2.30. The van der Waals surface area contributed by atoms with Gasteiger partial charge in [0.2, 0.25) is 0 Å². The Labute approximate surface area is 500 Å². The molecule has 0 aromatic carbocycles. The van der Waals surface area contributed by atoms with Crippen LogP contribution in [0, 0.1) is 0 Å². The lowest BCUT2D eigenvalue weighted by atomic mass is 10.0. The number of carbonyl (C=O) groups is 3. The highest BCUT2D eigenvalue weighted by molar-refractivity contribution is 5.72. The summed E-state index contributed by atoms with van der Waals surface area (Å²) in [5, 5.41) is 0. The number of hydrogen-bond acceptors (Lipinski definition) is 6. The van der Waals surface area contributed by atoms with Gasteiger partial charge >= 0.3 is 17.9 Å². The molecule has 0 saturated carbocycles. The van der Waals surface area contributed by atoms with Crippen LogP contribution in [-0.2, 0) is 28.6 Å². The van der Waals surface area contributed by atoms with Gasteiger partial charge in [0.25, 0.3) is 0 Å². The number of rotatable bonds is 60. The van der Waals surface area contributed by atoms with E-state index in [-0.39, 0.29) is 31.6 Å². The van der Waals surface area contributed by atoms with Crippen LogP contribution in [0.1, 0.15) is 303 Å². The molecule has 0 radical (unpaired) electrons. The molecule has 0 aromatic rings. The molecule has 460 valence electrons. The molecule has 0 amide bonds. The van der Waals surface area contributed by atoms with Gasteiger partial charge in [-0.05, 0) is 109 Å². The molecule has 6 heteroatoms. The van der Waals surface area contributed by atoms with Crippen molar-refractivity contribution in [2.75, 3.05) is 13.2 Å². The summed E-state index contributed by atoms with van der Waals surface area (Å²) in [6.07, 6.45) is 96.7. The monoisotopic (exact) mass is 1120 g/mol. The van der Waals surface area contributed by atoms with E-state index in [1.807, 2.05) is 6.08 Å². The zero-order chi connectivity index (χ0) is 58.5. The molecule has 1 atom stereocenters. The average molecular weight is 1120 g/mol. The first-order valence-corrected chi connectivity index (χ1v) is 33.7. The van der Waals surface area contributed by atoms with E-state index in [4.69, 9.17) is 14.2 Å². The molecule has 0 aliphatic carbocycles. The van der Waals surface area contributed by atoms with E-state index in [1.54, 1.807) is 6.08 Å². The van der Waals surface area contributed by atoms with Crippen LogP contribution in [0.5, 0.6) is 0 Å². The van der Waals surface area contributed by atoms with E-state index >= 15 is 0 Å². The third kappa shape index (κ3) is 66.2. The lowest BCUT2D eigenvalue weighted by molar-refractivity contribution is -0.166. The maximum Gasteiger partial charge on any atom is 0.310 e. The Bertz CT molecular complexity index is 1720. The molecule has 0 aromatic heterocycles. The van der Waals surface area contributed by atoms with Crippen LogP contribution >= 0.6 is 0 Å². The van der Waals surface area contributed by atoms with Crippen molar-refractivity contribution in [1.29, 1.82) is 0 Å². The summed E-state index contributed by atoms with van der Waals surface area (Å²) in [7, 11) is 0. The molecular formula is C75H124O6. The van der Waals surface area contributed by atoms with E-state index in [2.05, 4.69) is 142 Å². The standard InChI is InChI=1S/C75H124O6/c1-4-7-10-13-16-19-22-25-27-28-29-30-31-32-33-34-35-36-37-38-39-40-41-42-43-44-45-46-48-50-53-56-59-62-65-68-74(77)80-71-72(70-79-73(76)67-64-61-58-55-52-49-24-21-18-15-12-9-6-3)81-75(78)69-66-63-60-57-54-51-47-26-23-20-17-14-11-8-5-2/h7-8,10-12,15-17,19-21,24-27,29-30,47,54,57,63,66,72H,4-6,9,13-14,18,22-23,28,31-46,48-53,55-56,58-62,64-65,67-71H2,1-3H3/b10-7-,11-8-,15-12-,19-16-,20-17-,24-21-,27-25-,30-29-,47-26-,57-54-,66-63-. The first-order valence-electron chi connectivity index (χ1n) is 33.7. The molecular weight excluding hydrogens is 997 g/mol. The zero-order valence-corrected chi connectivity index (χ0v) is 52.8. The van der Waals surface area contributed by atoms with E-state index in [0.29, 0.717) is 19.3 Å². The van der Waals surface area contributed by atoms with Crippen molar-refractivity contribution < 1.29 is 28.6 Å². The predicted molar refractivity (Wildman–Crippen MR) is 353 cm³/mol. The van der Waals surface area contributed by atoms with Crippen molar-refractivity contribution in [3.8, 4) is 0 Å². The molecule has 0 aliphatic heterocycles. The van der Waals surface area contributed by atoms with Gasteiger partial charge in [-0.2, -0.15) is 0 Å². The molecule has 0 rings (SSSR count). The Morgan fingerprint density at radius 2 is 0.519 bits per heavy atom. The second-order valence-corrected chi connectivity index (χ2v) is 22.0. The van der Waals surface area contributed by atoms with Crippen LogP contribution in [0.4, 0.5) is 0 Å². The summed E-state index contributed by atoms with van der Waals surface area (Å²) < 4.78 is 16.8. The van der Waals surface area contributed by atoms with Crippen molar-refractivity contribution in [2.45, 2.75) is 309 Å². The van der Waals surface area contributed by atoms with Crippen LogP contribution in [0.15, 0.2) is 134 Å². The van der Waals surface area contributed by atoms with E-state index in [1.165, 1.54) is 135 Å². The molecule has 0 spiro atoms. The van der Waals surface area contributed by atoms with Gasteiger partial charge in [-0.25, -0.2) is 0 Å². The van der Waals surface area contributed by atoms with Crippen molar-refractivity contribution in [1.82, 2.24) is 0 Å². The minimum atomic E-state index is -0.840. The van der Waals surface area contributed by atoms with Gasteiger partial charge in [0.05, 0.1) is 6.42 Å². The largest absolute Gasteiger partial charge is 0.462 e. The van der Waals surface area contributed by atoms with Crippen molar-refractivity contribution in [3.05, 3.63) is 134 Å². The Morgan fingerprint density at radius 3 is 0.815 bits per heavy atom. The van der Waals surface area contributed by atoms with Gasteiger partial charge in [0, 0.05) is 12.8 Å². The second kappa shape index (κ2) is 68.1. The molecule has 0 aliphatic rings. The van der Waals surface area contributed by atoms with Gasteiger partial charge in [0.15, 0.2) is 6.10 Å². The van der Waals surface area contributed by atoms with Gasteiger partial charge in [-0.1, -0.05) is 309 Å². The van der Waals surface area contributed by atoms with Gasteiger partial charge < -0.3 is 14.2 Å². The van der Waals surface area contributed by atoms with Gasteiger partial charge in [-0.3, -0.25) is 14.4 Å². The minimum absolute atomic E-state index is 0.0917. The Hall–Kier alpha value is -4.45. The van der Waals surface area contributed by atoms with E-state index in [9.17, 15) is 14.4 Å². The van der Waals surface area contributed by atoms with Crippen molar-refractivity contribution in [2.24, 2.45) is 0 Å². The number of carbonyl (C=O) groups excluding carboxylic acids is 3. The van der Waals surface area contributed by atoms with Crippen LogP contribution in [-0.4, -0.2) is 37.2 Å². The molecule has 0 N–H and O–H groups in total. The molecule has 6 nitrogen and oxygen atoms in total. The second-order valence-electron chi connectivity index (χ2n) is 22.0. The van der Waals surface area contributed by atoms with Gasteiger partial charge in [-0.15, -0.1) is 0 Å². The molecule has 0 heterocycles. The van der Waals surface area contributed by atoms with Crippen LogP contribution in [0.2, 0.25) is 0 Å². The maximum atomic E-state index is 12.8. The Balaban J connectivity index is 4.16. The number of esters is 3. The first-order chi connectivity index (χ1) is 40.0. The third-order valence-corrected chi connectivity index (χ3v) is 14.1. The first kappa shape index (κ1) is 76.5. The quantitative estimate of drug-likeness (QED) is 0.0261. The summed E-state index contributed by atoms with van der Waals surface area (Å²) in [6, 6.07) is 0. The average Bonchev–Trinajstić information content (AvgIpc) is 3.46. The highest BCUT2D eigenvalue weighted by Gasteiger charge is 2.19. The van der Waals surface area contributed by atoms with Crippen molar-refractivity contribution in [3.63, 3.8) is 0 Å². The Morgan fingerprint density at radius 1 is 0.272 bits per heavy atom. The number of ether oxygens (including phenoxy) is 3. The third-order valence-electron chi connectivity index (χ3n) is 14.1. The zero-order valence-electron chi connectivity index (χ0n) is 52.8. The lowest BCUT2D eigenvalue weighted by Gasteiger charge is -2.18. The molecule has 0 saturated heterocycles. The molecule has 81 heavy (non-hydrogen) atoms. The fourth-order valence-electron chi connectivity index (χ4n) is 9.20. The van der Waals surface area contributed by atoms with Crippen LogP contribution in [0.3, 0.4) is 0 Å². The summed E-state index contributed by atoms with van der Waals surface area (Å²) in [6.45, 7) is 6.27. The predicted octanol–water partition coefficient (Wildman–Crippen LogP) is 23.3. The SMILES string of the molecule is CC/C=C\C/C=C\C/C=C\C/C=C\C/C=C\CC(=O)OC(COC(=O)CCCCCCC/C=C\C/C=C\CCC)COC(=O)CCCCCCCCCCCCCCCCCCCCCCCC/C=C\C/C=C\C/C=C\C/C=C\CC. The number of allylic oxidation sites excluding steroid dienone is 21. The van der Waals surface area contributed by atoms with Gasteiger partial charge in [0.1, 0.15) is 13.2 Å². The van der Waals surface area contributed by atoms with E-state index < -0.39 is 12.1 Å². The Kier molecular flexibility index (Phi) is 64.3. The van der Waals surface area contributed by atoms with E-state index in [0.717, 1.165) is 122 Å². The van der Waals surface area contributed by atoms with Crippen LogP contribution < -0.4 is 0 Å². The molecule has 1 unspecified atom stereocenters. The van der Waals surface area contributed by atoms with Crippen molar-refractivity contribution >= 4 is 17.9 Å². The smallest absolute Gasteiger partial charge is 0.310 e. The summed E-state index contributed by atoms with van der Waals surface area (Å²) in [4.78, 5) is 38.2. The van der Waals surface area contributed by atoms with Crippen LogP contribution in [0.25, 0.3) is 0 Å². The number of unbranched alkanes of at least 4 members (excludes halogenated alkanes) is 28. The minimum Gasteiger partial charge on any atom is -0.462 e. The summed E-state index contributed by atoms with van der Waals surface area (Å²) in [5.74, 6) is -1.06. The molecule has 0 fully saturated rings. The highest BCUT2D eigenvalue weighted by atomic mass is 16.6. The fraction of sp³-hybridized carbons (Fsp3) is 0.667. The maximum absolute atomic E-state index is 12.8. The normalized spacial score (nSPS) is 13.0. The molecule has 0 bridgehead atoms. The topological polar surface area (TPSA) is 78.9 Å². The number of hydrogen-bond donors (Lipinski definition) is 0. The summed E-state index contributed by atoms with van der Waals surface area (Å²) in [5.41, 5.74) is 0. The summed E-state index contributed by atoms with van der Waals surface area (Å²) >= 11 is 0.